The van der Waals surface area contributed by atoms with Gasteiger partial charge in [-0.15, -0.1) is 23.4 Å². The molecular formula is C24H14F5N3O3. The van der Waals surface area contributed by atoms with Crippen molar-refractivity contribution in [2.24, 2.45) is 0 Å². The quantitative estimate of drug-likeness (QED) is 0.305. The number of fused-ring (bicyclic) bond motifs is 1. The van der Waals surface area contributed by atoms with Crippen molar-refractivity contribution in [3.8, 4) is 28.3 Å². The van der Waals surface area contributed by atoms with Gasteiger partial charge < -0.3 is 14.1 Å². The molecule has 1 aromatic heterocycles. The number of hydrogen-bond acceptors (Lipinski definition) is 5. The number of anilines is 1. The lowest BCUT2D eigenvalue weighted by Gasteiger charge is -2.21. The summed E-state index contributed by atoms with van der Waals surface area (Å²) in [5, 5.41) is 6.89. The van der Waals surface area contributed by atoms with E-state index in [1.807, 2.05) is 0 Å². The molecule has 1 aliphatic heterocycles. The summed E-state index contributed by atoms with van der Waals surface area (Å²) in [4.78, 5) is 14.7. The van der Waals surface area contributed by atoms with Crippen molar-refractivity contribution in [3.05, 3.63) is 83.7 Å². The van der Waals surface area contributed by atoms with Gasteiger partial charge in [-0.3, -0.25) is 4.79 Å². The lowest BCUT2D eigenvalue weighted by atomic mass is 10.0. The molecular weight excluding hydrogens is 473 g/mol. The third-order valence-corrected chi connectivity index (χ3v) is 5.37. The minimum Gasteiger partial charge on any atom is -0.415 e. The average molecular weight is 487 g/mol. The number of rotatable bonds is 5. The zero-order valence-electron chi connectivity index (χ0n) is 17.6. The molecule has 0 unspecified atom stereocenters. The molecule has 0 atom stereocenters. The molecule has 11 heteroatoms. The standard InChI is InChI=1S/C24H14F5N3O3/c25-20(26)22-31-30-21(34-22)14-6-7-15-12-32(23(33)18(15)10-14)19-9-8-16(35-24(27,28)29)11-17(19)13-4-2-1-3-5-13/h1-11,20H,12H2. The van der Waals surface area contributed by atoms with Crippen molar-refractivity contribution in [1.82, 2.24) is 10.2 Å². The first-order valence-electron chi connectivity index (χ1n) is 10.2. The van der Waals surface area contributed by atoms with E-state index in [0.717, 1.165) is 6.07 Å². The summed E-state index contributed by atoms with van der Waals surface area (Å²) in [5.41, 5.74) is 2.55. The van der Waals surface area contributed by atoms with E-state index in [1.54, 1.807) is 42.5 Å². The number of carbonyl (C=O) groups excluding carboxylic acids is 1. The number of hydrogen-bond donors (Lipinski definition) is 0. The van der Waals surface area contributed by atoms with Crippen LogP contribution < -0.4 is 9.64 Å². The Balaban J connectivity index is 1.52. The van der Waals surface area contributed by atoms with E-state index < -0.39 is 30.3 Å². The molecule has 6 nitrogen and oxygen atoms in total. The number of benzene rings is 3. The fraction of sp³-hybridized carbons (Fsp3) is 0.125. The van der Waals surface area contributed by atoms with E-state index in [0.29, 0.717) is 22.4 Å². The molecule has 35 heavy (non-hydrogen) atoms. The number of amides is 1. The van der Waals surface area contributed by atoms with Crippen LogP contribution in [0.3, 0.4) is 0 Å². The van der Waals surface area contributed by atoms with Gasteiger partial charge in [0.15, 0.2) is 0 Å². The number of carbonyl (C=O) groups is 1. The summed E-state index contributed by atoms with van der Waals surface area (Å²) in [5.74, 6) is -1.83. The van der Waals surface area contributed by atoms with Gasteiger partial charge >= 0.3 is 12.8 Å². The number of alkyl halides is 5. The van der Waals surface area contributed by atoms with Crippen LogP contribution in [0.25, 0.3) is 22.6 Å². The highest BCUT2D eigenvalue weighted by Crippen LogP contribution is 2.40. The van der Waals surface area contributed by atoms with Crippen LogP contribution in [0, 0.1) is 0 Å². The second-order valence-electron chi connectivity index (χ2n) is 7.60. The molecule has 0 bridgehead atoms. The molecule has 0 aliphatic carbocycles. The van der Waals surface area contributed by atoms with E-state index >= 15 is 0 Å². The molecule has 0 saturated heterocycles. The largest absolute Gasteiger partial charge is 0.573 e. The third-order valence-electron chi connectivity index (χ3n) is 5.37. The highest BCUT2D eigenvalue weighted by atomic mass is 19.4. The topological polar surface area (TPSA) is 68.5 Å². The van der Waals surface area contributed by atoms with E-state index in [9.17, 15) is 26.7 Å². The van der Waals surface area contributed by atoms with Crippen LogP contribution in [-0.4, -0.2) is 22.5 Å². The summed E-state index contributed by atoms with van der Waals surface area (Å²) in [7, 11) is 0. The first-order chi connectivity index (χ1) is 16.7. The molecule has 0 fully saturated rings. The van der Waals surface area contributed by atoms with Crippen molar-refractivity contribution in [2.45, 2.75) is 19.3 Å². The highest BCUT2D eigenvalue weighted by molar-refractivity contribution is 6.12. The normalized spacial score (nSPS) is 13.4. The van der Waals surface area contributed by atoms with Crippen LogP contribution >= 0.6 is 0 Å². The van der Waals surface area contributed by atoms with Crippen LogP contribution in [0.15, 0.2) is 71.1 Å². The second kappa shape index (κ2) is 8.49. The zero-order chi connectivity index (χ0) is 24.7. The maximum atomic E-state index is 13.3. The third kappa shape index (κ3) is 4.44. The number of nitrogens with zero attached hydrogens (tertiary/aromatic N) is 3. The van der Waals surface area contributed by atoms with Crippen LogP contribution in [0.5, 0.6) is 5.75 Å². The molecule has 1 aliphatic rings. The molecule has 1 amide bonds. The van der Waals surface area contributed by atoms with Gasteiger partial charge in [0.1, 0.15) is 5.75 Å². The molecule has 5 rings (SSSR count). The van der Waals surface area contributed by atoms with Gasteiger partial charge in [-0.1, -0.05) is 36.4 Å². The monoisotopic (exact) mass is 487 g/mol. The average Bonchev–Trinajstić information content (AvgIpc) is 3.44. The summed E-state index contributed by atoms with van der Waals surface area (Å²) >= 11 is 0. The fourth-order valence-corrected chi connectivity index (χ4v) is 3.86. The maximum absolute atomic E-state index is 13.3. The summed E-state index contributed by atoms with van der Waals surface area (Å²) in [6, 6.07) is 17.0. The molecule has 178 valence electrons. The van der Waals surface area contributed by atoms with Crippen molar-refractivity contribution < 1.29 is 35.9 Å². The molecule has 0 spiro atoms. The first kappa shape index (κ1) is 22.5. The predicted octanol–water partition coefficient (Wildman–Crippen LogP) is 6.40. The van der Waals surface area contributed by atoms with Crippen LogP contribution in [0.4, 0.5) is 27.6 Å². The van der Waals surface area contributed by atoms with Gasteiger partial charge in [-0.25, -0.2) is 0 Å². The van der Waals surface area contributed by atoms with Crippen molar-refractivity contribution in [2.75, 3.05) is 4.90 Å². The summed E-state index contributed by atoms with van der Waals surface area (Å²) in [6.45, 7) is 0.153. The van der Waals surface area contributed by atoms with Gasteiger partial charge in [-0.05, 0) is 41.5 Å². The Bertz CT molecular complexity index is 1400. The Kier molecular flexibility index (Phi) is 5.46. The number of halogens is 5. The molecule has 3 aromatic carbocycles. The van der Waals surface area contributed by atoms with Gasteiger partial charge in [0.25, 0.3) is 11.8 Å². The molecule has 0 saturated carbocycles. The van der Waals surface area contributed by atoms with Gasteiger partial charge in [0.2, 0.25) is 5.89 Å². The lowest BCUT2D eigenvalue weighted by molar-refractivity contribution is -0.274. The zero-order valence-corrected chi connectivity index (χ0v) is 17.6. The van der Waals surface area contributed by atoms with Crippen LogP contribution in [-0.2, 0) is 6.54 Å². The number of ether oxygens (including phenoxy) is 1. The van der Waals surface area contributed by atoms with Crippen LogP contribution in [0.1, 0.15) is 28.2 Å². The minimum atomic E-state index is -4.87. The Morgan fingerprint density at radius 1 is 0.914 bits per heavy atom. The van der Waals surface area contributed by atoms with Crippen LogP contribution in [0.2, 0.25) is 0 Å². The lowest BCUT2D eigenvalue weighted by Crippen LogP contribution is -2.24. The Morgan fingerprint density at radius 3 is 2.37 bits per heavy atom. The maximum Gasteiger partial charge on any atom is 0.573 e. The molecule has 0 N–H and O–H groups in total. The first-order valence-corrected chi connectivity index (χ1v) is 10.2. The SMILES string of the molecule is O=C1c2cc(-c3nnc(C(F)F)o3)ccc2CN1c1ccc(OC(F)(F)F)cc1-c1ccccc1. The Labute approximate surface area is 194 Å². The minimum absolute atomic E-state index is 0.153. The fourth-order valence-electron chi connectivity index (χ4n) is 3.86. The van der Waals surface area contributed by atoms with E-state index in [2.05, 4.69) is 14.9 Å². The van der Waals surface area contributed by atoms with Gasteiger partial charge in [-0.2, -0.15) is 8.78 Å². The van der Waals surface area contributed by atoms with Crippen molar-refractivity contribution >= 4 is 11.6 Å². The number of aromatic nitrogens is 2. The Morgan fingerprint density at radius 2 is 1.69 bits per heavy atom. The summed E-state index contributed by atoms with van der Waals surface area (Å²) in [6.07, 6.45) is -7.80. The molecule has 4 aromatic rings. The Hall–Kier alpha value is -4.28. The van der Waals surface area contributed by atoms with Crippen molar-refractivity contribution in [1.29, 1.82) is 0 Å². The van der Waals surface area contributed by atoms with Crippen molar-refractivity contribution in [3.63, 3.8) is 0 Å². The summed E-state index contributed by atoms with van der Waals surface area (Å²) < 4.78 is 73.0. The molecule has 2 heterocycles. The predicted molar refractivity (Wildman–Crippen MR) is 114 cm³/mol. The van der Waals surface area contributed by atoms with E-state index in [4.69, 9.17) is 4.42 Å². The highest BCUT2D eigenvalue weighted by Gasteiger charge is 2.34. The van der Waals surface area contributed by atoms with Gasteiger partial charge in [0.05, 0.1) is 12.2 Å². The second-order valence-corrected chi connectivity index (χ2v) is 7.60. The smallest absolute Gasteiger partial charge is 0.415 e. The van der Waals surface area contributed by atoms with E-state index in [-0.39, 0.29) is 23.6 Å². The molecule has 0 radical (unpaired) electrons. The van der Waals surface area contributed by atoms with E-state index in [1.165, 1.54) is 23.1 Å². The van der Waals surface area contributed by atoms with Gasteiger partial charge in [0, 0.05) is 16.7 Å².